The minimum Gasteiger partial charge on any atom is -0.211 e. The van der Waals surface area contributed by atoms with Gasteiger partial charge in [0, 0.05) is 0 Å². The van der Waals surface area contributed by atoms with E-state index in [-0.39, 0.29) is 0 Å². The maximum absolute atomic E-state index is 3.30. The van der Waals surface area contributed by atoms with Gasteiger partial charge in [-0.1, -0.05) is 49.2 Å². The summed E-state index contributed by atoms with van der Waals surface area (Å²) in [6.07, 6.45) is 1.05. The van der Waals surface area contributed by atoms with Gasteiger partial charge in [-0.05, 0) is 6.42 Å². The first kappa shape index (κ1) is 22.8. The molecule has 0 saturated carbocycles. The topological polar surface area (TPSA) is 0 Å². The Hall–Kier alpha value is -1.47. The van der Waals surface area contributed by atoms with Gasteiger partial charge in [-0.2, -0.15) is 47.0 Å². The number of aryl methyl sites for hydroxylation is 2. The summed E-state index contributed by atoms with van der Waals surface area (Å²) < 4.78 is 1.74. The molecule has 3 aromatic carbocycles. The zero-order valence-corrected chi connectivity index (χ0v) is 21.7. The zero-order valence-electron chi connectivity index (χ0n) is 18.1. The van der Waals surface area contributed by atoms with Crippen molar-refractivity contribution in [1.29, 1.82) is 0 Å². The number of fused-ring (bicyclic) bond motifs is 3. The summed E-state index contributed by atoms with van der Waals surface area (Å²) >= 11 is 1.27. The average Bonchev–Trinajstić information content (AvgIpc) is 3.24. The van der Waals surface area contributed by atoms with E-state index in [1.165, 1.54) is 57.3 Å². The molecule has 0 radical (unpaired) electrons. The summed E-state index contributed by atoms with van der Waals surface area (Å²) in [6.45, 7) is 13.3. The SMILES string of the molecule is CC(C)[C](=[Hf+2])C(C)C.Cc1ccc(C)[cH-]1.[c-]1cccc2c1Cc1ccccc1-2. The average molecular weight is 535 g/mol. The van der Waals surface area contributed by atoms with Crippen LogP contribution >= 0.6 is 0 Å². The van der Waals surface area contributed by atoms with Crippen LogP contribution in [0.1, 0.15) is 49.9 Å². The van der Waals surface area contributed by atoms with E-state index in [0.717, 1.165) is 18.3 Å². The Morgan fingerprint density at radius 2 is 1.43 bits per heavy atom. The molecule has 1 aliphatic rings. The predicted octanol–water partition coefficient (Wildman–Crippen LogP) is 7.10. The Balaban J connectivity index is 0.000000163. The third-order valence-electron chi connectivity index (χ3n) is 4.93. The Kier molecular flexibility index (Phi) is 8.89. The first-order valence-corrected chi connectivity index (χ1v) is 11.9. The second-order valence-corrected chi connectivity index (χ2v) is 10.2. The fourth-order valence-corrected chi connectivity index (χ4v) is 3.38. The Morgan fingerprint density at radius 3 is 1.93 bits per heavy atom. The van der Waals surface area contributed by atoms with Gasteiger partial charge in [-0.25, -0.2) is 12.1 Å². The molecule has 144 valence electrons. The van der Waals surface area contributed by atoms with Crippen molar-refractivity contribution in [3.63, 3.8) is 0 Å². The molecule has 28 heavy (non-hydrogen) atoms. The number of benzene rings is 2. The van der Waals surface area contributed by atoms with Crippen molar-refractivity contribution in [1.82, 2.24) is 0 Å². The molecule has 1 aliphatic carbocycles. The van der Waals surface area contributed by atoms with Crippen LogP contribution in [0.4, 0.5) is 0 Å². The van der Waals surface area contributed by atoms with Gasteiger partial charge in [0.15, 0.2) is 0 Å². The van der Waals surface area contributed by atoms with E-state index in [1.54, 1.807) is 3.26 Å². The number of hydrogen-bond acceptors (Lipinski definition) is 0. The molecule has 0 atom stereocenters. The molecule has 1 heteroatoms. The Labute approximate surface area is 186 Å². The number of rotatable bonds is 2. The van der Waals surface area contributed by atoms with E-state index < -0.39 is 0 Å². The van der Waals surface area contributed by atoms with Crippen LogP contribution in [-0.4, -0.2) is 3.26 Å². The van der Waals surface area contributed by atoms with E-state index >= 15 is 0 Å². The van der Waals surface area contributed by atoms with Crippen molar-refractivity contribution in [2.24, 2.45) is 11.8 Å². The summed E-state index contributed by atoms with van der Waals surface area (Å²) in [5, 5.41) is 0. The fourth-order valence-electron chi connectivity index (χ4n) is 3.38. The van der Waals surface area contributed by atoms with Crippen LogP contribution in [0.3, 0.4) is 0 Å². The van der Waals surface area contributed by atoms with E-state index in [4.69, 9.17) is 0 Å². The molecule has 0 unspecified atom stereocenters. The summed E-state index contributed by atoms with van der Waals surface area (Å²) in [7, 11) is 0. The van der Waals surface area contributed by atoms with Crippen LogP contribution in [0, 0.1) is 31.7 Å². The van der Waals surface area contributed by atoms with Crippen LogP contribution in [0.15, 0.2) is 60.7 Å². The van der Waals surface area contributed by atoms with Crippen molar-refractivity contribution >= 4 is 3.26 Å². The molecular formula is C27H32Hf. The smallest absolute Gasteiger partial charge is 0.0253 e. The molecule has 0 fully saturated rings. The minimum atomic E-state index is 0.821. The van der Waals surface area contributed by atoms with E-state index in [9.17, 15) is 0 Å². The summed E-state index contributed by atoms with van der Waals surface area (Å²) in [6, 6.07) is 24.5. The second-order valence-electron chi connectivity index (χ2n) is 8.13. The summed E-state index contributed by atoms with van der Waals surface area (Å²) in [4.78, 5) is 0. The Morgan fingerprint density at radius 1 is 0.857 bits per heavy atom. The molecule has 0 aliphatic heterocycles. The predicted molar refractivity (Wildman–Crippen MR) is 120 cm³/mol. The van der Waals surface area contributed by atoms with E-state index in [2.05, 4.69) is 102 Å². The molecule has 0 nitrogen and oxygen atoms in total. The van der Waals surface area contributed by atoms with Gasteiger partial charge in [0.2, 0.25) is 0 Å². The monoisotopic (exact) mass is 536 g/mol. The fraction of sp³-hybridized carbons (Fsp3) is 0.333. The van der Waals surface area contributed by atoms with Gasteiger partial charge < -0.3 is 0 Å². The molecule has 0 amide bonds. The van der Waals surface area contributed by atoms with Gasteiger partial charge in [0.1, 0.15) is 0 Å². The molecule has 0 heterocycles. The summed E-state index contributed by atoms with van der Waals surface area (Å²) in [5.41, 5.74) is 8.23. The Bertz CT molecular complexity index is 826. The maximum Gasteiger partial charge on any atom is -0.0253 e. The van der Waals surface area contributed by atoms with Crippen molar-refractivity contribution in [3.05, 3.63) is 89.0 Å². The van der Waals surface area contributed by atoms with Crippen LogP contribution in [0.25, 0.3) is 11.1 Å². The first-order chi connectivity index (χ1) is 13.3. The molecule has 4 rings (SSSR count). The molecule has 0 aromatic heterocycles. The molecule has 0 saturated heterocycles. The van der Waals surface area contributed by atoms with Crippen molar-refractivity contribution in [2.75, 3.05) is 0 Å². The van der Waals surface area contributed by atoms with Crippen molar-refractivity contribution in [3.8, 4) is 11.1 Å². The molecule has 0 bridgehead atoms. The number of hydrogen-bond donors (Lipinski definition) is 0. The molecule has 0 spiro atoms. The molecule has 3 aromatic rings. The van der Waals surface area contributed by atoms with Crippen molar-refractivity contribution < 1.29 is 23.9 Å². The second kappa shape index (κ2) is 10.9. The van der Waals surface area contributed by atoms with Gasteiger partial charge in [-0.15, -0.1) is 5.56 Å². The quantitative estimate of drug-likeness (QED) is 0.190. The van der Waals surface area contributed by atoms with Gasteiger partial charge in [-0.3, -0.25) is 0 Å². The molecular weight excluding hydrogens is 503 g/mol. The van der Waals surface area contributed by atoms with Gasteiger partial charge in [0.05, 0.1) is 0 Å². The summed E-state index contributed by atoms with van der Waals surface area (Å²) in [5.74, 6) is 1.64. The third kappa shape index (κ3) is 6.55. The van der Waals surface area contributed by atoms with E-state index in [0.29, 0.717) is 0 Å². The maximum atomic E-state index is 3.30. The van der Waals surface area contributed by atoms with E-state index in [1.807, 2.05) is 6.07 Å². The normalized spacial score (nSPS) is 11.2. The largest absolute Gasteiger partial charge is 0.211 e. The zero-order chi connectivity index (χ0) is 20.7. The van der Waals surface area contributed by atoms with Crippen molar-refractivity contribution in [2.45, 2.75) is 48.0 Å². The first-order valence-electron chi connectivity index (χ1n) is 10.2. The molecule has 0 N–H and O–H groups in total. The van der Waals surface area contributed by atoms with Crippen LogP contribution in [-0.2, 0) is 30.3 Å². The minimum absolute atomic E-state index is 0.821. The van der Waals surface area contributed by atoms with Crippen LogP contribution < -0.4 is 0 Å². The standard InChI is InChI=1S/C13H9.C7H9.C7H14.Hf/c1-3-7-12-10(5-1)9-11-6-2-4-8-13(11)12;1-6-3-4-7(2)5-6;1-6(2)5-7(3)4;/h1-5,7-8H,9H2;3-5H,1-2H3;6-7H,1-4H3;/q2*-1;;+2. The van der Waals surface area contributed by atoms with Crippen LogP contribution in [0.5, 0.6) is 0 Å². The van der Waals surface area contributed by atoms with Gasteiger partial charge in [0.25, 0.3) is 0 Å². The van der Waals surface area contributed by atoms with Crippen LogP contribution in [0.2, 0.25) is 0 Å². The third-order valence-corrected chi connectivity index (χ3v) is 9.07. The van der Waals surface area contributed by atoms with Gasteiger partial charge >= 0.3 is 66.7 Å².